The van der Waals surface area contributed by atoms with Gasteiger partial charge in [0.05, 0.1) is 9.62 Å². The van der Waals surface area contributed by atoms with Crippen molar-refractivity contribution in [3.8, 4) is 0 Å². The number of hydrogen-bond donors (Lipinski definition) is 1. The van der Waals surface area contributed by atoms with Crippen molar-refractivity contribution in [1.29, 1.82) is 0 Å². The van der Waals surface area contributed by atoms with E-state index in [1.165, 1.54) is 6.08 Å². The molecule has 0 bridgehead atoms. The molecule has 0 aromatic carbocycles. The summed E-state index contributed by atoms with van der Waals surface area (Å²) >= 11 is 1.64. The fourth-order valence-electron chi connectivity index (χ4n) is 0.668. The summed E-state index contributed by atoms with van der Waals surface area (Å²) in [4.78, 5) is 0. The second-order valence-electron chi connectivity index (χ2n) is 2.22. The lowest BCUT2D eigenvalue weighted by Crippen LogP contribution is -2.21. The van der Waals surface area contributed by atoms with E-state index in [1.54, 1.807) is 22.6 Å². The number of hydrogen-bond acceptors (Lipinski definition) is 1. The molecule has 1 atom stereocenters. The number of allylic oxidation sites excluding steroid dienone is 2. The fraction of sp³-hybridized carbons (Fsp3) is 0.429. The van der Waals surface area contributed by atoms with Gasteiger partial charge in [-0.25, -0.2) is 0 Å². The Hall–Kier alpha value is -0.200. The largest absolute Gasteiger partial charge is 0.395 e. The molecule has 0 heterocycles. The summed E-state index contributed by atoms with van der Waals surface area (Å²) in [5.74, 6) is -1.51. The highest BCUT2D eigenvalue weighted by molar-refractivity contribution is 14.1. The van der Waals surface area contributed by atoms with Crippen LogP contribution in [-0.2, 0) is 0 Å². The highest BCUT2D eigenvalue weighted by Gasteiger charge is 2.36. The molecule has 70 valence electrons. The minimum absolute atomic E-state index is 0.132. The lowest BCUT2D eigenvalue weighted by molar-refractivity contribution is -0.160. The third kappa shape index (κ3) is 4.63. The number of halogens is 4. The van der Waals surface area contributed by atoms with Crippen LogP contribution in [0.2, 0.25) is 0 Å². The van der Waals surface area contributed by atoms with Gasteiger partial charge in [0.1, 0.15) is 0 Å². The van der Waals surface area contributed by atoms with E-state index in [4.69, 9.17) is 5.73 Å². The maximum Gasteiger partial charge on any atom is 0.395 e. The van der Waals surface area contributed by atoms with Crippen LogP contribution in [0.3, 0.4) is 0 Å². The van der Waals surface area contributed by atoms with Crippen LogP contribution in [0.25, 0.3) is 0 Å². The second-order valence-corrected chi connectivity index (χ2v) is 3.47. The predicted molar refractivity (Wildman–Crippen MR) is 50.6 cm³/mol. The van der Waals surface area contributed by atoms with Crippen molar-refractivity contribution in [1.82, 2.24) is 0 Å². The zero-order chi connectivity index (χ0) is 9.78. The Morgan fingerprint density at radius 2 is 2.08 bits per heavy atom. The van der Waals surface area contributed by atoms with Gasteiger partial charge in [-0.3, -0.25) is 0 Å². The van der Waals surface area contributed by atoms with Crippen LogP contribution in [0.5, 0.6) is 0 Å². The molecule has 12 heavy (non-hydrogen) atoms. The van der Waals surface area contributed by atoms with Crippen molar-refractivity contribution < 1.29 is 13.2 Å². The summed E-state index contributed by atoms with van der Waals surface area (Å²) in [7, 11) is 0. The maximum absolute atomic E-state index is 12.1. The van der Waals surface area contributed by atoms with Crippen LogP contribution < -0.4 is 5.73 Å². The minimum atomic E-state index is -4.23. The first-order valence-corrected chi connectivity index (χ1v) is 4.26. The Kier molecular flexibility index (Phi) is 4.66. The van der Waals surface area contributed by atoms with Crippen molar-refractivity contribution in [2.24, 2.45) is 11.7 Å². The third-order valence-electron chi connectivity index (χ3n) is 1.20. The molecule has 0 aliphatic carbocycles. The summed E-state index contributed by atoms with van der Waals surface area (Å²) in [5.41, 5.74) is 5.13. The molecule has 1 unspecified atom stereocenters. The van der Waals surface area contributed by atoms with Crippen LogP contribution in [0, 0.1) is 5.92 Å². The zero-order valence-electron chi connectivity index (χ0n) is 6.24. The first kappa shape index (κ1) is 11.8. The van der Waals surface area contributed by atoms with Crippen LogP contribution in [0.1, 0.15) is 6.42 Å². The number of nitrogens with two attached hydrogens (primary N) is 1. The quantitative estimate of drug-likeness (QED) is 0.483. The molecule has 0 saturated carbocycles. The van der Waals surface area contributed by atoms with E-state index < -0.39 is 12.1 Å². The molecule has 1 nitrogen and oxygen atoms in total. The van der Waals surface area contributed by atoms with E-state index >= 15 is 0 Å². The van der Waals surface area contributed by atoms with E-state index in [9.17, 15) is 13.2 Å². The molecular formula is C7H9F3IN. The van der Waals surface area contributed by atoms with Gasteiger partial charge in [-0.1, -0.05) is 6.08 Å². The van der Waals surface area contributed by atoms with Gasteiger partial charge in [-0.15, -0.1) is 6.58 Å². The van der Waals surface area contributed by atoms with Crippen LogP contribution in [0.4, 0.5) is 13.2 Å². The maximum atomic E-state index is 12.1. The molecular weight excluding hydrogens is 282 g/mol. The zero-order valence-corrected chi connectivity index (χ0v) is 8.39. The Morgan fingerprint density at radius 3 is 2.33 bits per heavy atom. The number of rotatable bonds is 3. The molecule has 0 amide bonds. The van der Waals surface area contributed by atoms with Crippen molar-refractivity contribution in [2.45, 2.75) is 12.6 Å². The molecule has 2 N–H and O–H groups in total. The van der Waals surface area contributed by atoms with Gasteiger partial charge < -0.3 is 5.73 Å². The minimum Gasteiger partial charge on any atom is -0.394 e. The average Bonchev–Trinajstić information content (AvgIpc) is 1.83. The van der Waals surface area contributed by atoms with E-state index in [2.05, 4.69) is 6.58 Å². The Labute approximate surface area is 82.6 Å². The first-order valence-electron chi connectivity index (χ1n) is 3.18. The van der Waals surface area contributed by atoms with E-state index in [-0.39, 0.29) is 10.1 Å². The fourth-order valence-corrected chi connectivity index (χ4v) is 1.10. The predicted octanol–water partition coefficient (Wildman–Crippen LogP) is 2.98. The second kappa shape index (κ2) is 4.74. The van der Waals surface area contributed by atoms with E-state index in [0.717, 1.165) is 6.08 Å². The molecule has 5 heteroatoms. The third-order valence-corrected chi connectivity index (χ3v) is 1.56. The molecule has 0 spiro atoms. The summed E-state index contributed by atoms with van der Waals surface area (Å²) in [6.45, 7) is 3.25. The Balaban J connectivity index is 4.44. The van der Waals surface area contributed by atoms with Crippen LogP contribution in [-0.4, -0.2) is 6.18 Å². The summed E-state index contributed by atoms with van der Waals surface area (Å²) in [5, 5.41) is 0. The van der Waals surface area contributed by atoms with Gasteiger partial charge in [0.2, 0.25) is 0 Å². The highest BCUT2D eigenvalue weighted by Crippen LogP contribution is 2.31. The molecule has 0 rings (SSSR count). The van der Waals surface area contributed by atoms with Gasteiger partial charge >= 0.3 is 6.18 Å². The molecule has 0 aliphatic heterocycles. The monoisotopic (exact) mass is 291 g/mol. The Bertz CT molecular complexity index is 182. The summed E-state index contributed by atoms with van der Waals surface area (Å²) in [6.07, 6.45) is -2.15. The van der Waals surface area contributed by atoms with E-state index in [0.29, 0.717) is 0 Å². The summed E-state index contributed by atoms with van der Waals surface area (Å²) < 4.78 is 36.5. The van der Waals surface area contributed by atoms with Crippen LogP contribution >= 0.6 is 22.6 Å². The lowest BCUT2D eigenvalue weighted by Gasteiger charge is -2.14. The standard InChI is InChI=1S/C7H9F3IN/c1-2-3-5(4-6(11)12)7(8,9)10/h2,4-5H,1,3,12H2/b6-4-. The Morgan fingerprint density at radius 1 is 1.58 bits per heavy atom. The van der Waals surface area contributed by atoms with Gasteiger partial charge in [-0.05, 0) is 35.1 Å². The first-order chi connectivity index (χ1) is 5.38. The van der Waals surface area contributed by atoms with Gasteiger partial charge in [0.25, 0.3) is 0 Å². The summed E-state index contributed by atoms with van der Waals surface area (Å²) in [6, 6.07) is 0. The van der Waals surface area contributed by atoms with E-state index in [1.807, 2.05) is 0 Å². The smallest absolute Gasteiger partial charge is 0.394 e. The van der Waals surface area contributed by atoms with Gasteiger partial charge in [0, 0.05) is 0 Å². The topological polar surface area (TPSA) is 26.0 Å². The SMILES string of the molecule is C=CCC(/C=C(\N)I)C(F)(F)F. The lowest BCUT2D eigenvalue weighted by atomic mass is 10.1. The van der Waals surface area contributed by atoms with Crippen molar-refractivity contribution in [3.63, 3.8) is 0 Å². The number of alkyl halides is 3. The van der Waals surface area contributed by atoms with Crippen molar-refractivity contribution >= 4 is 22.6 Å². The molecule has 0 fully saturated rings. The average molecular weight is 291 g/mol. The normalized spacial score (nSPS) is 15.8. The molecule has 0 aromatic heterocycles. The molecule has 0 aromatic rings. The highest BCUT2D eigenvalue weighted by atomic mass is 127. The molecule has 0 radical (unpaired) electrons. The molecule has 0 aliphatic rings. The molecule has 0 saturated heterocycles. The van der Waals surface area contributed by atoms with Crippen molar-refractivity contribution in [3.05, 3.63) is 22.4 Å². The van der Waals surface area contributed by atoms with Crippen molar-refractivity contribution in [2.75, 3.05) is 0 Å². The van der Waals surface area contributed by atoms with Gasteiger partial charge in [0.15, 0.2) is 0 Å². The van der Waals surface area contributed by atoms with Gasteiger partial charge in [-0.2, -0.15) is 13.2 Å². The van der Waals surface area contributed by atoms with Crippen LogP contribution in [0.15, 0.2) is 22.4 Å².